The topological polar surface area (TPSA) is 41.9 Å². The molecule has 1 N–H and O–H groups in total. The van der Waals surface area contributed by atoms with Gasteiger partial charge in [0, 0.05) is 31.6 Å². The number of ether oxygens (including phenoxy) is 2. The minimum absolute atomic E-state index is 0.0434. The smallest absolute Gasteiger partial charge is 0.172 e. The molecule has 134 valence electrons. The summed E-state index contributed by atoms with van der Waals surface area (Å²) >= 11 is 0. The lowest BCUT2D eigenvalue weighted by Crippen LogP contribution is -2.53. The van der Waals surface area contributed by atoms with Gasteiger partial charge in [0.15, 0.2) is 11.6 Å². The van der Waals surface area contributed by atoms with Gasteiger partial charge in [0.1, 0.15) is 5.82 Å². The van der Waals surface area contributed by atoms with Crippen LogP contribution in [0.5, 0.6) is 5.75 Å². The van der Waals surface area contributed by atoms with Crippen LogP contribution in [-0.2, 0) is 11.3 Å². The number of hydrogen-bond acceptors (Lipinski definition) is 4. The van der Waals surface area contributed by atoms with Gasteiger partial charge in [0.25, 0.3) is 0 Å². The highest BCUT2D eigenvalue weighted by Crippen LogP contribution is 2.39. The quantitative estimate of drug-likeness (QED) is 0.918. The van der Waals surface area contributed by atoms with Crippen LogP contribution in [0.15, 0.2) is 12.1 Å². The van der Waals surface area contributed by atoms with Crippen molar-refractivity contribution in [2.24, 2.45) is 0 Å². The van der Waals surface area contributed by atoms with E-state index in [-0.39, 0.29) is 23.5 Å². The number of benzene rings is 1. The lowest BCUT2D eigenvalue weighted by atomic mass is 9.78. The molecule has 6 heteroatoms. The number of hydrogen-bond donors (Lipinski definition) is 1. The maximum atomic E-state index is 14.3. The van der Waals surface area contributed by atoms with Gasteiger partial charge < -0.3 is 14.6 Å². The van der Waals surface area contributed by atoms with Crippen LogP contribution in [0.3, 0.4) is 0 Å². The number of nitrogens with zero attached hydrogens (tertiary/aromatic N) is 1. The van der Waals surface area contributed by atoms with Crippen LogP contribution in [0, 0.1) is 11.6 Å². The minimum Gasteiger partial charge on any atom is -0.494 e. The molecule has 1 unspecified atom stereocenters. The molecule has 0 saturated carbocycles. The second-order valence-corrected chi connectivity index (χ2v) is 7.27. The Morgan fingerprint density at radius 1 is 1.25 bits per heavy atom. The predicted molar refractivity (Wildman–Crippen MR) is 86.0 cm³/mol. The molecule has 2 heterocycles. The molecule has 0 aliphatic carbocycles. The van der Waals surface area contributed by atoms with E-state index in [2.05, 4.69) is 0 Å². The highest BCUT2D eigenvalue weighted by atomic mass is 19.1. The molecule has 1 spiro atoms. The molecule has 1 atom stereocenters. The number of aliphatic hydroxyl groups is 1. The van der Waals surface area contributed by atoms with Crippen LogP contribution < -0.4 is 4.74 Å². The molecule has 3 rings (SSSR count). The first-order valence-corrected chi connectivity index (χ1v) is 8.44. The predicted octanol–water partition coefficient (Wildman–Crippen LogP) is 2.87. The van der Waals surface area contributed by atoms with Gasteiger partial charge >= 0.3 is 0 Å². The molecule has 24 heavy (non-hydrogen) atoms. The Balaban J connectivity index is 1.66. The maximum Gasteiger partial charge on any atom is 0.172 e. The first-order chi connectivity index (χ1) is 11.3. The fraction of sp³-hybridized carbons (Fsp3) is 0.667. The van der Waals surface area contributed by atoms with Crippen molar-refractivity contribution in [1.82, 2.24) is 4.90 Å². The van der Waals surface area contributed by atoms with Gasteiger partial charge in [-0.05, 0) is 38.3 Å². The SMILES string of the molecule is COc1ccc(F)c(CN2CCC3(CC2)CC(C)(O)CCO3)c1F. The van der Waals surface area contributed by atoms with Crippen molar-refractivity contribution in [3.05, 3.63) is 29.3 Å². The summed E-state index contributed by atoms with van der Waals surface area (Å²) in [4.78, 5) is 2.03. The van der Waals surface area contributed by atoms with Gasteiger partial charge in [0.05, 0.1) is 24.9 Å². The Bertz CT molecular complexity index is 598. The molecule has 2 saturated heterocycles. The van der Waals surface area contributed by atoms with Crippen molar-refractivity contribution in [3.8, 4) is 5.75 Å². The summed E-state index contributed by atoms with van der Waals surface area (Å²) in [7, 11) is 1.37. The lowest BCUT2D eigenvalue weighted by molar-refractivity contribution is -0.173. The Labute approximate surface area is 141 Å². The van der Waals surface area contributed by atoms with E-state index in [9.17, 15) is 13.9 Å². The summed E-state index contributed by atoms with van der Waals surface area (Å²) in [5.74, 6) is -1.12. The fourth-order valence-corrected chi connectivity index (χ4v) is 3.86. The highest BCUT2D eigenvalue weighted by molar-refractivity contribution is 5.32. The minimum atomic E-state index is -0.689. The molecule has 1 aromatic rings. The molecular formula is C18H25F2NO3. The van der Waals surface area contributed by atoms with E-state index in [1.54, 1.807) is 0 Å². The third kappa shape index (κ3) is 3.55. The van der Waals surface area contributed by atoms with Crippen LogP contribution in [-0.4, -0.2) is 48.0 Å². The summed E-state index contributed by atoms with van der Waals surface area (Å²) in [6.45, 7) is 4.00. The van der Waals surface area contributed by atoms with Crippen LogP contribution in [0.4, 0.5) is 8.78 Å². The van der Waals surface area contributed by atoms with E-state index in [0.717, 1.165) is 12.8 Å². The van der Waals surface area contributed by atoms with Crippen LogP contribution in [0.2, 0.25) is 0 Å². The normalized spacial score (nSPS) is 27.4. The Hall–Kier alpha value is -1.24. The first kappa shape index (κ1) is 17.6. The van der Waals surface area contributed by atoms with E-state index in [1.165, 1.54) is 19.2 Å². The number of piperidine rings is 1. The van der Waals surface area contributed by atoms with Crippen molar-refractivity contribution in [2.75, 3.05) is 26.8 Å². The number of methoxy groups -OCH3 is 1. The molecular weight excluding hydrogens is 316 g/mol. The van der Waals surface area contributed by atoms with Crippen molar-refractivity contribution in [1.29, 1.82) is 0 Å². The van der Waals surface area contributed by atoms with Crippen LogP contribution >= 0.6 is 0 Å². The van der Waals surface area contributed by atoms with E-state index in [4.69, 9.17) is 9.47 Å². The summed E-state index contributed by atoms with van der Waals surface area (Å²) < 4.78 is 39.2. The van der Waals surface area contributed by atoms with Crippen molar-refractivity contribution >= 4 is 0 Å². The van der Waals surface area contributed by atoms with Crippen molar-refractivity contribution < 1.29 is 23.4 Å². The van der Waals surface area contributed by atoms with Gasteiger partial charge in [0.2, 0.25) is 0 Å². The van der Waals surface area contributed by atoms with E-state index < -0.39 is 17.2 Å². The zero-order valence-electron chi connectivity index (χ0n) is 14.3. The zero-order chi connectivity index (χ0) is 17.4. The van der Waals surface area contributed by atoms with Gasteiger partial charge in [-0.1, -0.05) is 0 Å². The summed E-state index contributed by atoms with van der Waals surface area (Å²) in [5, 5.41) is 10.3. The fourth-order valence-electron chi connectivity index (χ4n) is 3.86. The molecule has 2 aliphatic heterocycles. The standard InChI is InChI=1S/C18H25F2NO3/c1-17(22)7-10-24-18(12-17)5-8-21(9-6-18)11-13-14(19)3-4-15(23-2)16(13)20/h3-4,22H,5-12H2,1-2H3. The van der Waals surface area contributed by atoms with Gasteiger partial charge in [-0.25, -0.2) is 8.78 Å². The number of halogens is 2. The van der Waals surface area contributed by atoms with Gasteiger partial charge in [-0.2, -0.15) is 0 Å². The summed E-state index contributed by atoms with van der Waals surface area (Å²) in [6, 6.07) is 2.54. The zero-order valence-corrected chi connectivity index (χ0v) is 14.3. The number of likely N-dealkylation sites (tertiary alicyclic amines) is 1. The monoisotopic (exact) mass is 341 g/mol. The lowest BCUT2D eigenvalue weighted by Gasteiger charge is -2.48. The van der Waals surface area contributed by atoms with E-state index in [0.29, 0.717) is 32.5 Å². The Kier molecular flexibility index (Phi) is 4.82. The molecule has 2 fully saturated rings. The Morgan fingerprint density at radius 3 is 2.58 bits per heavy atom. The summed E-state index contributed by atoms with van der Waals surface area (Å²) in [6.07, 6.45) is 2.79. The highest BCUT2D eigenvalue weighted by Gasteiger charge is 2.44. The van der Waals surface area contributed by atoms with Crippen molar-refractivity contribution in [2.45, 2.75) is 50.4 Å². The largest absolute Gasteiger partial charge is 0.494 e. The summed E-state index contributed by atoms with van der Waals surface area (Å²) in [5.41, 5.74) is -0.948. The molecule has 0 radical (unpaired) electrons. The second-order valence-electron chi connectivity index (χ2n) is 7.27. The second kappa shape index (κ2) is 6.58. The van der Waals surface area contributed by atoms with Crippen molar-refractivity contribution in [3.63, 3.8) is 0 Å². The van der Waals surface area contributed by atoms with Crippen LogP contribution in [0.1, 0.15) is 38.2 Å². The molecule has 4 nitrogen and oxygen atoms in total. The Morgan fingerprint density at radius 2 is 1.96 bits per heavy atom. The third-order valence-electron chi connectivity index (χ3n) is 5.27. The maximum absolute atomic E-state index is 14.3. The van der Waals surface area contributed by atoms with Gasteiger partial charge in [-0.15, -0.1) is 0 Å². The molecule has 2 aliphatic rings. The first-order valence-electron chi connectivity index (χ1n) is 8.44. The van der Waals surface area contributed by atoms with Gasteiger partial charge in [-0.3, -0.25) is 4.90 Å². The third-order valence-corrected chi connectivity index (χ3v) is 5.27. The molecule has 0 amide bonds. The van der Waals surface area contributed by atoms with E-state index in [1.807, 2.05) is 11.8 Å². The molecule has 0 aromatic heterocycles. The molecule has 1 aromatic carbocycles. The molecule has 0 bridgehead atoms. The van der Waals surface area contributed by atoms with Crippen LogP contribution in [0.25, 0.3) is 0 Å². The average molecular weight is 341 g/mol. The number of rotatable bonds is 3. The van der Waals surface area contributed by atoms with E-state index >= 15 is 0 Å². The average Bonchev–Trinajstić information content (AvgIpc) is 2.52.